The zero-order chi connectivity index (χ0) is 26.1. The van der Waals surface area contributed by atoms with Gasteiger partial charge in [-0.15, -0.1) is 18.5 Å². The Balaban J connectivity index is 0.000000363. The molecule has 4 nitrogen and oxygen atoms in total. The molecule has 0 spiro atoms. The number of nitrogens with zero attached hydrogens (tertiary/aromatic N) is 3. The summed E-state index contributed by atoms with van der Waals surface area (Å²) in [6.45, 7) is 16.9. The molecule has 8 heteroatoms. The van der Waals surface area contributed by atoms with Crippen LogP contribution in [-0.2, 0) is 12.1 Å². The Bertz CT molecular complexity index is 1200. The van der Waals surface area contributed by atoms with E-state index in [1.165, 1.54) is 23.9 Å². The van der Waals surface area contributed by atoms with Crippen molar-refractivity contribution in [1.82, 2.24) is 14.5 Å². The first kappa shape index (κ1) is 27.5. The van der Waals surface area contributed by atoms with Gasteiger partial charge in [0.1, 0.15) is 17.5 Å². The van der Waals surface area contributed by atoms with E-state index in [9.17, 15) is 8.78 Å². The highest BCUT2D eigenvalue weighted by atomic mass is 31.0. The Kier molecular flexibility index (Phi) is 8.52. The number of hydrogen-bond donors (Lipinski definition) is 1. The Morgan fingerprint density at radius 1 is 1.09 bits per heavy atom. The van der Waals surface area contributed by atoms with Crippen LogP contribution in [0.25, 0.3) is 11.3 Å². The summed E-state index contributed by atoms with van der Waals surface area (Å²) in [5.41, 5.74) is 10.6. The fourth-order valence-corrected chi connectivity index (χ4v) is 5.18. The number of halogens is 2. The number of aromatic nitrogens is 2. The van der Waals surface area contributed by atoms with Crippen molar-refractivity contribution < 1.29 is 8.78 Å². The van der Waals surface area contributed by atoms with Crippen molar-refractivity contribution >= 4 is 29.1 Å². The molecule has 0 aliphatic carbocycles. The Morgan fingerprint density at radius 2 is 1.71 bits per heavy atom. The standard InChI is InChI=1S/C20H29FN4P2.C7H7F/c1-11(2)16-15(13-6-7-14(21)18(27)17(13)26)23-19-20(4,5)25(12(3)10-22)9-8-24(16)19;1-6-2-4-7(8)5-3-6/h6-7,11H,3,8-10,22,26-27H2,1-2,4-5H3;2-5H,1H3. The van der Waals surface area contributed by atoms with Gasteiger partial charge in [-0.1, -0.05) is 38.1 Å². The highest BCUT2D eigenvalue weighted by Crippen LogP contribution is 2.39. The molecular weight excluding hydrogens is 480 g/mol. The first-order chi connectivity index (χ1) is 16.4. The van der Waals surface area contributed by atoms with Gasteiger partial charge in [-0.2, -0.15) is 0 Å². The molecule has 1 aromatic heterocycles. The average molecular weight is 517 g/mol. The van der Waals surface area contributed by atoms with Gasteiger partial charge in [0.25, 0.3) is 0 Å². The molecule has 0 radical (unpaired) electrons. The number of benzene rings is 2. The molecule has 2 atom stereocenters. The van der Waals surface area contributed by atoms with Crippen LogP contribution in [0.3, 0.4) is 0 Å². The maximum atomic E-state index is 14.0. The second kappa shape index (κ2) is 10.9. The van der Waals surface area contributed by atoms with Crippen LogP contribution in [-0.4, -0.2) is 27.5 Å². The minimum atomic E-state index is -0.318. The van der Waals surface area contributed by atoms with Gasteiger partial charge in [0.15, 0.2) is 0 Å². The van der Waals surface area contributed by atoms with E-state index in [0.717, 1.165) is 46.7 Å². The largest absolute Gasteiger partial charge is 0.360 e. The minimum absolute atomic E-state index is 0.171. The lowest BCUT2D eigenvalue weighted by Crippen LogP contribution is -2.49. The fourth-order valence-electron chi connectivity index (χ4n) is 4.56. The highest BCUT2D eigenvalue weighted by Gasteiger charge is 2.39. The van der Waals surface area contributed by atoms with E-state index >= 15 is 0 Å². The second-order valence-electron chi connectivity index (χ2n) is 9.67. The van der Waals surface area contributed by atoms with Crippen LogP contribution in [0.5, 0.6) is 0 Å². The van der Waals surface area contributed by atoms with Gasteiger partial charge < -0.3 is 15.2 Å². The number of nitrogens with two attached hydrogens (primary N) is 1. The molecule has 1 aliphatic rings. The third-order valence-corrected chi connectivity index (χ3v) is 7.98. The van der Waals surface area contributed by atoms with Crippen molar-refractivity contribution in [2.75, 3.05) is 13.1 Å². The first-order valence-electron chi connectivity index (χ1n) is 11.7. The molecule has 2 N–H and O–H groups in total. The summed E-state index contributed by atoms with van der Waals surface area (Å²) < 4.78 is 28.4. The fraction of sp³-hybridized carbons (Fsp3) is 0.370. The van der Waals surface area contributed by atoms with Crippen molar-refractivity contribution in [3.8, 4) is 11.3 Å². The molecule has 0 saturated carbocycles. The number of aryl methyl sites for hydroxylation is 1. The van der Waals surface area contributed by atoms with Crippen molar-refractivity contribution in [3.05, 3.63) is 77.4 Å². The zero-order valence-electron chi connectivity index (χ0n) is 21.2. The summed E-state index contributed by atoms with van der Waals surface area (Å²) in [6.07, 6.45) is 0. The van der Waals surface area contributed by atoms with Crippen LogP contribution in [0.1, 0.15) is 50.7 Å². The Hall–Kier alpha value is -2.13. The molecule has 0 saturated heterocycles. The van der Waals surface area contributed by atoms with Crippen LogP contribution in [0.2, 0.25) is 0 Å². The Labute approximate surface area is 212 Å². The van der Waals surface area contributed by atoms with Gasteiger partial charge in [0.2, 0.25) is 0 Å². The zero-order valence-corrected chi connectivity index (χ0v) is 23.5. The van der Waals surface area contributed by atoms with Gasteiger partial charge in [-0.3, -0.25) is 0 Å². The van der Waals surface area contributed by atoms with Gasteiger partial charge in [0, 0.05) is 41.9 Å². The number of imidazole rings is 1. The van der Waals surface area contributed by atoms with Crippen LogP contribution >= 0.6 is 18.5 Å². The van der Waals surface area contributed by atoms with E-state index in [1.807, 2.05) is 13.0 Å². The Morgan fingerprint density at radius 3 is 2.26 bits per heavy atom. The quantitative estimate of drug-likeness (QED) is 0.498. The summed E-state index contributed by atoms with van der Waals surface area (Å²) in [5, 5.41) is 1.40. The predicted octanol–water partition coefficient (Wildman–Crippen LogP) is 4.97. The van der Waals surface area contributed by atoms with E-state index in [-0.39, 0.29) is 17.2 Å². The number of fused-ring (bicyclic) bond motifs is 1. The summed E-state index contributed by atoms with van der Waals surface area (Å²) in [6, 6.07) is 9.74. The summed E-state index contributed by atoms with van der Waals surface area (Å²) in [7, 11) is 5.17. The van der Waals surface area contributed by atoms with Crippen molar-refractivity contribution in [2.24, 2.45) is 5.73 Å². The molecule has 3 aromatic rings. The van der Waals surface area contributed by atoms with Gasteiger partial charge in [-0.05, 0) is 56.3 Å². The second-order valence-corrected chi connectivity index (χ2v) is 10.8. The molecule has 188 valence electrons. The maximum Gasteiger partial charge on any atom is 0.135 e. The lowest BCUT2D eigenvalue weighted by atomic mass is 9.97. The average Bonchev–Trinajstić information content (AvgIpc) is 3.20. The molecule has 2 unspecified atom stereocenters. The number of rotatable bonds is 4. The van der Waals surface area contributed by atoms with E-state index in [4.69, 9.17) is 10.7 Å². The van der Waals surface area contributed by atoms with Crippen LogP contribution in [0.4, 0.5) is 8.78 Å². The summed E-state index contributed by atoms with van der Waals surface area (Å²) in [5.74, 6) is 0.898. The number of hydrogen-bond acceptors (Lipinski definition) is 3. The lowest BCUT2D eigenvalue weighted by molar-refractivity contribution is 0.116. The lowest BCUT2D eigenvalue weighted by Gasteiger charge is -2.45. The van der Waals surface area contributed by atoms with E-state index < -0.39 is 0 Å². The molecular formula is C27H36F2N4P2. The van der Waals surface area contributed by atoms with E-state index in [1.54, 1.807) is 12.1 Å². The van der Waals surface area contributed by atoms with Crippen molar-refractivity contribution in [1.29, 1.82) is 0 Å². The molecule has 1 aliphatic heterocycles. The van der Waals surface area contributed by atoms with Gasteiger partial charge in [-0.25, -0.2) is 13.8 Å². The summed E-state index contributed by atoms with van der Waals surface area (Å²) >= 11 is 0. The minimum Gasteiger partial charge on any atom is -0.360 e. The maximum absolute atomic E-state index is 14.0. The SMILES string of the molecule is C=C(CN)N1CCn2c(nc(-c3ccc(F)c(P)c3P)c2C(C)C)C1(C)C.Cc1ccc(F)cc1. The van der Waals surface area contributed by atoms with Crippen molar-refractivity contribution in [3.63, 3.8) is 0 Å². The smallest absolute Gasteiger partial charge is 0.135 e. The molecule has 0 fully saturated rings. The summed E-state index contributed by atoms with van der Waals surface area (Å²) in [4.78, 5) is 7.33. The van der Waals surface area contributed by atoms with E-state index in [0.29, 0.717) is 17.8 Å². The third-order valence-electron chi connectivity index (χ3n) is 6.44. The van der Waals surface area contributed by atoms with Crippen molar-refractivity contribution in [2.45, 2.75) is 52.6 Å². The molecule has 0 amide bonds. The molecule has 2 heterocycles. The molecule has 2 aromatic carbocycles. The topological polar surface area (TPSA) is 47.1 Å². The molecule has 35 heavy (non-hydrogen) atoms. The normalized spacial score (nSPS) is 14.4. The highest BCUT2D eigenvalue weighted by molar-refractivity contribution is 7.36. The predicted molar refractivity (Wildman–Crippen MR) is 149 cm³/mol. The van der Waals surface area contributed by atoms with Gasteiger partial charge in [0.05, 0.1) is 11.2 Å². The van der Waals surface area contributed by atoms with Crippen LogP contribution < -0.4 is 16.3 Å². The third kappa shape index (κ3) is 5.50. The van der Waals surface area contributed by atoms with Gasteiger partial charge >= 0.3 is 0 Å². The molecule has 0 bridgehead atoms. The first-order valence-corrected chi connectivity index (χ1v) is 12.9. The van der Waals surface area contributed by atoms with Crippen LogP contribution in [0.15, 0.2) is 48.7 Å². The van der Waals surface area contributed by atoms with Crippen LogP contribution in [0, 0.1) is 18.6 Å². The molecule has 4 rings (SSSR count). The monoisotopic (exact) mass is 516 g/mol. The van der Waals surface area contributed by atoms with E-state index in [2.05, 4.69) is 62.2 Å².